The predicted octanol–water partition coefficient (Wildman–Crippen LogP) is 3.37. The molecule has 0 radical (unpaired) electrons. The maximum atomic E-state index is 10.2. The normalized spacial score (nSPS) is 15.9. The highest BCUT2D eigenvalue weighted by atomic mass is 16.5. The van der Waals surface area contributed by atoms with Gasteiger partial charge in [-0.1, -0.05) is 12.5 Å². The van der Waals surface area contributed by atoms with Crippen molar-refractivity contribution in [2.24, 2.45) is 11.7 Å². The number of hydrogen-bond acceptors (Lipinski definition) is 9. The van der Waals surface area contributed by atoms with E-state index in [-0.39, 0.29) is 6.61 Å². The van der Waals surface area contributed by atoms with Crippen LogP contribution >= 0.6 is 0 Å². The summed E-state index contributed by atoms with van der Waals surface area (Å²) in [5.74, 6) is 2.02. The van der Waals surface area contributed by atoms with E-state index in [0.717, 1.165) is 42.4 Å². The molecule has 1 aliphatic carbocycles. The van der Waals surface area contributed by atoms with E-state index in [1.165, 1.54) is 43.3 Å². The Morgan fingerprint density at radius 1 is 1.20 bits per heavy atom. The van der Waals surface area contributed by atoms with Gasteiger partial charge in [0.15, 0.2) is 29.3 Å². The lowest BCUT2D eigenvalue weighted by Crippen LogP contribution is -2.38. The minimum atomic E-state index is -0.629. The van der Waals surface area contributed by atoms with Crippen LogP contribution in [0, 0.1) is 31.2 Å². The summed E-state index contributed by atoms with van der Waals surface area (Å²) < 4.78 is 15.9. The van der Waals surface area contributed by atoms with E-state index in [9.17, 15) is 5.11 Å². The van der Waals surface area contributed by atoms with Crippen LogP contribution < -0.4 is 15.2 Å². The second kappa shape index (κ2) is 11.9. The Balaban J connectivity index is 0.00000103. The number of rotatable bonds is 8. The third-order valence-corrected chi connectivity index (χ3v) is 7.80. The van der Waals surface area contributed by atoms with E-state index in [1.807, 2.05) is 31.3 Å². The summed E-state index contributed by atoms with van der Waals surface area (Å²) in [5, 5.41) is 26.8. The first-order valence-corrected chi connectivity index (χ1v) is 13.6. The maximum absolute atomic E-state index is 10.2. The number of aryl methyl sites for hydroxylation is 1. The highest BCUT2D eigenvalue weighted by Gasteiger charge is 2.27. The third-order valence-electron chi connectivity index (χ3n) is 7.80. The number of nitrogens with zero attached hydrogens (tertiary/aromatic N) is 7. The molecule has 2 aliphatic rings. The van der Waals surface area contributed by atoms with Crippen molar-refractivity contribution >= 4 is 5.52 Å². The molecule has 210 valence electrons. The third kappa shape index (κ3) is 5.46. The molecule has 1 atom stereocenters. The standard InChI is InChI=1S/C28H34N6O3.CH2N2/c1-18-7-8-22(29-12-18)26(17-35)37-24-11-21(15-34-28(24)25(36-3)13-30-34)27-19(2)23-16-32(9-10-33(23)31-27)14-20-5-4-6-20;2-1-3/h7-8,11-13,15,20,26,35H,4-6,9-10,14,16-17H2,1-3H3;2H2/t26-;/m1./s1. The van der Waals surface area contributed by atoms with Crippen molar-refractivity contribution in [2.45, 2.75) is 52.3 Å². The van der Waals surface area contributed by atoms with E-state index in [1.54, 1.807) is 24.0 Å². The number of pyridine rings is 2. The van der Waals surface area contributed by atoms with Crippen molar-refractivity contribution in [3.63, 3.8) is 0 Å². The molecule has 5 heterocycles. The van der Waals surface area contributed by atoms with Crippen molar-refractivity contribution in [3.8, 4) is 28.9 Å². The number of methoxy groups -OCH3 is 1. The zero-order chi connectivity index (χ0) is 28.2. The first kappa shape index (κ1) is 27.4. The van der Waals surface area contributed by atoms with Crippen molar-refractivity contribution < 1.29 is 14.6 Å². The van der Waals surface area contributed by atoms with Gasteiger partial charge in [0, 0.05) is 37.6 Å². The Bertz CT molecular complexity index is 1500. The zero-order valence-corrected chi connectivity index (χ0v) is 23.2. The number of aromatic nitrogens is 5. The molecule has 1 aliphatic heterocycles. The van der Waals surface area contributed by atoms with E-state index in [0.29, 0.717) is 22.7 Å². The summed E-state index contributed by atoms with van der Waals surface area (Å²) in [7, 11) is 1.61. The summed E-state index contributed by atoms with van der Waals surface area (Å²) in [4.78, 5) is 7.05. The van der Waals surface area contributed by atoms with Crippen LogP contribution in [-0.2, 0) is 13.1 Å². The Hall–Kier alpha value is -4.14. The van der Waals surface area contributed by atoms with Gasteiger partial charge in [-0.3, -0.25) is 14.6 Å². The summed E-state index contributed by atoms with van der Waals surface area (Å²) >= 11 is 0. The molecule has 0 aromatic carbocycles. The van der Waals surface area contributed by atoms with Crippen molar-refractivity contribution in [2.75, 3.05) is 26.8 Å². The van der Waals surface area contributed by atoms with Crippen molar-refractivity contribution in [1.29, 1.82) is 5.26 Å². The van der Waals surface area contributed by atoms with Crippen LogP contribution in [-0.4, -0.2) is 61.2 Å². The monoisotopic (exact) mass is 544 g/mol. The van der Waals surface area contributed by atoms with Gasteiger partial charge in [-0.2, -0.15) is 15.5 Å². The van der Waals surface area contributed by atoms with Crippen LogP contribution in [0.3, 0.4) is 0 Å². The molecule has 1 saturated carbocycles. The molecule has 1 fully saturated rings. The zero-order valence-electron chi connectivity index (χ0n) is 23.2. The van der Waals surface area contributed by atoms with Crippen LogP contribution in [0.5, 0.6) is 11.5 Å². The Labute approximate surface area is 233 Å². The molecule has 0 spiro atoms. The fourth-order valence-electron chi connectivity index (χ4n) is 5.41. The number of fused-ring (bicyclic) bond motifs is 2. The average Bonchev–Trinajstić information content (AvgIpc) is 3.51. The highest BCUT2D eigenvalue weighted by Crippen LogP contribution is 2.37. The second-order valence-electron chi connectivity index (χ2n) is 10.5. The maximum Gasteiger partial charge on any atom is 0.173 e. The SMILES string of the molecule is COc1cnn2cc(-c3nn4c(c3C)CN(CC3CCC3)CC4)cc(O[C@H](CO)c3ccc(C)cn3)c12.N#CN. The van der Waals surface area contributed by atoms with Crippen LogP contribution in [0.4, 0.5) is 0 Å². The molecule has 6 rings (SSSR count). The van der Waals surface area contributed by atoms with E-state index < -0.39 is 6.10 Å². The molecule has 40 heavy (non-hydrogen) atoms. The molecule has 11 nitrogen and oxygen atoms in total. The highest BCUT2D eigenvalue weighted by molar-refractivity contribution is 5.75. The van der Waals surface area contributed by atoms with Gasteiger partial charge in [-0.25, -0.2) is 4.52 Å². The quantitative estimate of drug-likeness (QED) is 0.252. The first-order chi connectivity index (χ1) is 19.4. The topological polar surface area (TPSA) is 140 Å². The molecule has 11 heteroatoms. The van der Waals surface area contributed by atoms with Gasteiger partial charge >= 0.3 is 0 Å². The van der Waals surface area contributed by atoms with Gasteiger partial charge in [-0.05, 0) is 55.9 Å². The van der Waals surface area contributed by atoms with Gasteiger partial charge in [0.05, 0.1) is 43.5 Å². The van der Waals surface area contributed by atoms with E-state index in [4.69, 9.17) is 19.8 Å². The molecular formula is C29H36N8O3. The molecule has 0 amide bonds. The molecule has 0 saturated heterocycles. The average molecular weight is 545 g/mol. The van der Waals surface area contributed by atoms with Crippen molar-refractivity contribution in [3.05, 3.63) is 59.3 Å². The number of hydrogen-bond donors (Lipinski definition) is 2. The lowest BCUT2D eigenvalue weighted by molar-refractivity contribution is 0.114. The van der Waals surface area contributed by atoms with Crippen LogP contribution in [0.25, 0.3) is 16.8 Å². The van der Waals surface area contributed by atoms with Gasteiger partial charge in [-0.15, -0.1) is 0 Å². The number of aliphatic hydroxyl groups is 1. The molecule has 0 bridgehead atoms. The van der Waals surface area contributed by atoms with Crippen LogP contribution in [0.15, 0.2) is 36.8 Å². The minimum absolute atomic E-state index is 0.211. The fourth-order valence-corrected chi connectivity index (χ4v) is 5.41. The Morgan fingerprint density at radius 3 is 2.65 bits per heavy atom. The molecule has 3 N–H and O–H groups in total. The van der Waals surface area contributed by atoms with Gasteiger partial charge in [0.1, 0.15) is 0 Å². The minimum Gasteiger partial charge on any atom is -0.493 e. The number of ether oxygens (including phenoxy) is 2. The lowest BCUT2D eigenvalue weighted by atomic mass is 9.85. The number of nitriles is 1. The van der Waals surface area contributed by atoms with E-state index in [2.05, 4.69) is 32.3 Å². The lowest BCUT2D eigenvalue weighted by Gasteiger charge is -2.34. The van der Waals surface area contributed by atoms with Gasteiger partial charge < -0.3 is 20.3 Å². The fraction of sp³-hybridized carbons (Fsp3) is 0.448. The van der Waals surface area contributed by atoms with E-state index >= 15 is 0 Å². The summed E-state index contributed by atoms with van der Waals surface area (Å²) in [6.45, 7) is 7.98. The smallest absolute Gasteiger partial charge is 0.173 e. The summed E-state index contributed by atoms with van der Waals surface area (Å²) in [6.07, 6.45) is 10.1. The molecule has 4 aromatic rings. The largest absolute Gasteiger partial charge is 0.493 e. The number of nitrogens with two attached hydrogens (primary N) is 1. The van der Waals surface area contributed by atoms with Gasteiger partial charge in [0.2, 0.25) is 0 Å². The molecule has 0 unspecified atom stereocenters. The number of aliphatic hydroxyl groups excluding tert-OH is 1. The van der Waals surface area contributed by atoms with Crippen LogP contribution in [0.2, 0.25) is 0 Å². The first-order valence-electron chi connectivity index (χ1n) is 13.6. The second-order valence-corrected chi connectivity index (χ2v) is 10.5. The van der Waals surface area contributed by atoms with Gasteiger partial charge in [0.25, 0.3) is 0 Å². The Kier molecular flexibility index (Phi) is 8.19. The predicted molar refractivity (Wildman–Crippen MR) is 150 cm³/mol. The molecular weight excluding hydrogens is 508 g/mol. The van der Waals surface area contributed by atoms with Crippen molar-refractivity contribution in [1.82, 2.24) is 29.3 Å². The summed E-state index contributed by atoms with van der Waals surface area (Å²) in [5.41, 5.74) is 10.9. The molecule has 4 aromatic heterocycles. The van der Waals surface area contributed by atoms with Crippen LogP contribution in [0.1, 0.15) is 47.9 Å². The summed E-state index contributed by atoms with van der Waals surface area (Å²) in [6, 6.07) is 5.82. The Morgan fingerprint density at radius 2 is 2.00 bits per heavy atom.